The molecule has 5 heterocycles. The number of aromatic amines is 1. The summed E-state index contributed by atoms with van der Waals surface area (Å²) in [7, 11) is 0. The Morgan fingerprint density at radius 1 is 1.18 bits per heavy atom. The second-order valence-corrected chi connectivity index (χ2v) is 9.04. The molecule has 174 valence electrons. The third kappa shape index (κ3) is 3.71. The molecule has 0 saturated heterocycles. The zero-order valence-corrected chi connectivity index (χ0v) is 18.8. The van der Waals surface area contributed by atoms with E-state index in [1.165, 1.54) is 0 Å². The van der Waals surface area contributed by atoms with E-state index in [0.717, 1.165) is 65.0 Å². The number of fused-ring (bicyclic) bond motifs is 4. The molecule has 1 aliphatic heterocycles. The quantitative estimate of drug-likeness (QED) is 0.402. The zero-order valence-electron chi connectivity index (χ0n) is 18.8. The number of hydrogen-bond acceptors (Lipinski definition) is 6. The summed E-state index contributed by atoms with van der Waals surface area (Å²) in [4.78, 5) is 29.7. The number of rotatable bonds is 1. The molecule has 2 bridgehead atoms. The molecule has 4 aromatic rings. The number of H-pyrrole nitrogens is 1. The normalized spacial score (nSPS) is 22.4. The maximum Gasteiger partial charge on any atom is 0.222 e. The van der Waals surface area contributed by atoms with Gasteiger partial charge in [-0.2, -0.15) is 0 Å². The highest BCUT2D eigenvalue weighted by Gasteiger charge is 2.32. The van der Waals surface area contributed by atoms with Crippen LogP contribution in [-0.4, -0.2) is 49.5 Å². The van der Waals surface area contributed by atoms with Crippen molar-refractivity contribution in [3.05, 3.63) is 48.3 Å². The van der Waals surface area contributed by atoms with E-state index in [1.807, 2.05) is 18.5 Å². The average molecular weight is 458 g/mol. The SMILES string of the molecule is Nc1ncc2n3c(nc(-c4cnc5[nH]ccc5c4)c13)[C@@H]1CC[C@H](C1)NC(=O)CCOCC/C=C/2. The van der Waals surface area contributed by atoms with E-state index in [1.54, 1.807) is 6.20 Å². The van der Waals surface area contributed by atoms with E-state index in [0.29, 0.717) is 25.5 Å². The first-order valence-electron chi connectivity index (χ1n) is 11.8. The number of pyridine rings is 1. The van der Waals surface area contributed by atoms with E-state index >= 15 is 0 Å². The van der Waals surface area contributed by atoms with Crippen LogP contribution in [0.4, 0.5) is 5.82 Å². The number of nitrogens with one attached hydrogen (secondary N) is 2. The van der Waals surface area contributed by atoms with Crippen molar-refractivity contribution in [3.8, 4) is 11.3 Å². The molecule has 1 amide bonds. The second kappa shape index (κ2) is 8.57. The fraction of sp³-hybridized carbons (Fsp3) is 0.360. The van der Waals surface area contributed by atoms with Gasteiger partial charge in [-0.25, -0.2) is 15.0 Å². The lowest BCUT2D eigenvalue weighted by Crippen LogP contribution is -2.33. The van der Waals surface area contributed by atoms with Gasteiger partial charge in [-0.1, -0.05) is 6.08 Å². The molecule has 2 aliphatic rings. The molecule has 1 saturated carbocycles. The van der Waals surface area contributed by atoms with Crippen LogP contribution in [0.5, 0.6) is 0 Å². The molecule has 0 radical (unpaired) electrons. The number of amides is 1. The van der Waals surface area contributed by atoms with E-state index in [9.17, 15) is 4.79 Å². The third-order valence-electron chi connectivity index (χ3n) is 6.77. The Labute approximate surface area is 196 Å². The molecule has 0 aromatic carbocycles. The maximum absolute atomic E-state index is 12.4. The Morgan fingerprint density at radius 3 is 3.06 bits per heavy atom. The van der Waals surface area contributed by atoms with Crippen molar-refractivity contribution >= 4 is 34.4 Å². The van der Waals surface area contributed by atoms with Gasteiger partial charge >= 0.3 is 0 Å². The highest BCUT2D eigenvalue weighted by Crippen LogP contribution is 2.39. The molecule has 1 fully saturated rings. The highest BCUT2D eigenvalue weighted by atomic mass is 16.5. The lowest BCUT2D eigenvalue weighted by Gasteiger charge is -2.14. The molecule has 34 heavy (non-hydrogen) atoms. The Morgan fingerprint density at radius 2 is 2.12 bits per heavy atom. The zero-order chi connectivity index (χ0) is 23.1. The first-order valence-corrected chi connectivity index (χ1v) is 11.8. The molecule has 6 rings (SSSR count). The number of carbonyl (C=O) groups excluding carboxylic acids is 1. The highest BCUT2D eigenvalue weighted by molar-refractivity contribution is 5.90. The van der Waals surface area contributed by atoms with Gasteiger partial charge in [-0.15, -0.1) is 0 Å². The molecular weight excluding hydrogens is 430 g/mol. The number of aromatic nitrogens is 5. The van der Waals surface area contributed by atoms with Crippen LogP contribution >= 0.6 is 0 Å². The van der Waals surface area contributed by atoms with E-state index in [-0.39, 0.29) is 17.9 Å². The van der Waals surface area contributed by atoms with Crippen LogP contribution < -0.4 is 11.1 Å². The van der Waals surface area contributed by atoms with Gasteiger partial charge in [-0.05, 0) is 43.9 Å². The fourth-order valence-electron chi connectivity index (χ4n) is 5.12. The van der Waals surface area contributed by atoms with Crippen LogP contribution in [-0.2, 0) is 9.53 Å². The molecular formula is C25H27N7O2. The summed E-state index contributed by atoms with van der Waals surface area (Å²) in [5.41, 5.74) is 10.7. The van der Waals surface area contributed by atoms with E-state index in [4.69, 9.17) is 15.5 Å². The van der Waals surface area contributed by atoms with Gasteiger partial charge in [0.2, 0.25) is 5.91 Å². The molecule has 4 N–H and O–H groups in total. The summed E-state index contributed by atoms with van der Waals surface area (Å²) in [5, 5.41) is 4.19. The molecule has 9 nitrogen and oxygen atoms in total. The third-order valence-corrected chi connectivity index (χ3v) is 6.77. The van der Waals surface area contributed by atoms with Crippen molar-refractivity contribution < 1.29 is 9.53 Å². The van der Waals surface area contributed by atoms with Gasteiger partial charge < -0.3 is 20.8 Å². The summed E-state index contributed by atoms with van der Waals surface area (Å²) in [5.74, 6) is 1.63. The van der Waals surface area contributed by atoms with Crippen LogP contribution in [0.3, 0.4) is 0 Å². The van der Waals surface area contributed by atoms with Crippen LogP contribution in [0, 0.1) is 0 Å². The minimum atomic E-state index is 0.0461. The smallest absolute Gasteiger partial charge is 0.222 e. The number of imidazole rings is 1. The summed E-state index contributed by atoms with van der Waals surface area (Å²) < 4.78 is 7.78. The lowest BCUT2D eigenvalue weighted by molar-refractivity contribution is -0.122. The predicted octanol–water partition coefficient (Wildman–Crippen LogP) is 3.43. The van der Waals surface area contributed by atoms with Gasteiger partial charge in [0, 0.05) is 41.7 Å². The largest absolute Gasteiger partial charge is 0.382 e. The minimum absolute atomic E-state index is 0.0461. The number of hydrogen-bond donors (Lipinski definition) is 3. The van der Waals surface area contributed by atoms with Gasteiger partial charge in [0.05, 0.1) is 25.1 Å². The van der Waals surface area contributed by atoms with Crippen molar-refractivity contribution in [2.75, 3.05) is 18.9 Å². The first-order chi connectivity index (χ1) is 16.7. The predicted molar refractivity (Wildman–Crippen MR) is 130 cm³/mol. The van der Waals surface area contributed by atoms with Crippen molar-refractivity contribution in [1.82, 2.24) is 29.7 Å². The van der Waals surface area contributed by atoms with E-state index in [2.05, 4.69) is 42.9 Å². The Bertz CT molecular complexity index is 1400. The van der Waals surface area contributed by atoms with Crippen molar-refractivity contribution in [1.29, 1.82) is 0 Å². The van der Waals surface area contributed by atoms with E-state index < -0.39 is 0 Å². The van der Waals surface area contributed by atoms with Gasteiger partial charge in [0.15, 0.2) is 0 Å². The number of nitrogens with two attached hydrogens (primary N) is 1. The molecule has 0 spiro atoms. The lowest BCUT2D eigenvalue weighted by atomic mass is 10.1. The second-order valence-electron chi connectivity index (χ2n) is 9.04. The number of nitrogens with zero attached hydrogens (tertiary/aromatic N) is 4. The van der Waals surface area contributed by atoms with Crippen LogP contribution in [0.15, 0.2) is 36.8 Å². The number of ether oxygens (including phenoxy) is 1. The van der Waals surface area contributed by atoms with Crippen molar-refractivity contribution in [3.63, 3.8) is 0 Å². The van der Waals surface area contributed by atoms with Crippen LogP contribution in [0.25, 0.3) is 33.9 Å². The number of anilines is 1. The molecule has 0 unspecified atom stereocenters. The molecule has 1 aliphatic carbocycles. The van der Waals surface area contributed by atoms with Gasteiger partial charge in [0.25, 0.3) is 0 Å². The van der Waals surface area contributed by atoms with Gasteiger partial charge in [-0.3, -0.25) is 9.20 Å². The summed E-state index contributed by atoms with van der Waals surface area (Å²) in [6, 6.07) is 4.21. The Kier molecular flexibility index (Phi) is 5.26. The Balaban J connectivity index is 1.52. The van der Waals surface area contributed by atoms with Crippen LogP contribution in [0.1, 0.15) is 49.5 Å². The molecule has 4 aromatic heterocycles. The molecule has 9 heteroatoms. The minimum Gasteiger partial charge on any atom is -0.382 e. The number of carbonyl (C=O) groups is 1. The monoisotopic (exact) mass is 457 g/mol. The van der Waals surface area contributed by atoms with Gasteiger partial charge in [0.1, 0.15) is 28.5 Å². The summed E-state index contributed by atoms with van der Waals surface area (Å²) in [6.45, 7) is 1.000. The van der Waals surface area contributed by atoms with Crippen molar-refractivity contribution in [2.24, 2.45) is 0 Å². The van der Waals surface area contributed by atoms with Crippen LogP contribution in [0.2, 0.25) is 0 Å². The summed E-state index contributed by atoms with van der Waals surface area (Å²) >= 11 is 0. The Hall–Kier alpha value is -3.72. The topological polar surface area (TPSA) is 123 Å². The number of nitrogen functional groups attached to an aromatic ring is 1. The first kappa shape index (κ1) is 20.9. The van der Waals surface area contributed by atoms with Crippen molar-refractivity contribution in [2.45, 2.75) is 44.1 Å². The average Bonchev–Trinajstić information content (AvgIpc) is 3.57. The molecule has 2 atom stereocenters. The standard InChI is InChI=1S/C25H27N7O2/c26-23-22-21(17-11-15-6-8-27-24(15)29-13-17)31-25-16-4-5-18(12-16)30-20(33)7-10-34-9-2-1-3-19(14-28-23)32(22)25/h1,3,6,8,11,13-14,16,18H,2,4-5,7,9-10,12H2,(H2,26,28)(H,27,29)(H,30,33)/b3-1+/t16-,18-/m1/s1. The summed E-state index contributed by atoms with van der Waals surface area (Å²) in [6.07, 6.45) is 13.5. The fourth-order valence-corrected chi connectivity index (χ4v) is 5.12. The maximum atomic E-state index is 12.4.